The average molecular weight is 404 g/mol. The van der Waals surface area contributed by atoms with Gasteiger partial charge >= 0.3 is 0 Å². The van der Waals surface area contributed by atoms with Crippen LogP contribution < -0.4 is 11.9 Å². The lowest BCUT2D eigenvalue weighted by Gasteiger charge is -2.06. The van der Waals surface area contributed by atoms with E-state index in [9.17, 15) is 4.39 Å². The summed E-state index contributed by atoms with van der Waals surface area (Å²) in [5.41, 5.74) is 8.95. The summed E-state index contributed by atoms with van der Waals surface area (Å²) in [7, 11) is 0. The number of halogens is 2. The Morgan fingerprint density at radius 3 is 2.64 bits per heavy atom. The quantitative estimate of drug-likeness (QED) is 0.531. The Kier molecular flexibility index (Phi) is 6.45. The highest BCUT2D eigenvalue weighted by Crippen LogP contribution is 2.25. The molecule has 10 heteroatoms. The third-order valence-corrected chi connectivity index (χ3v) is 4.00. The predicted octanol–water partition coefficient (Wildman–Crippen LogP) is 3.66. The normalized spacial score (nSPS) is 10.2. The highest BCUT2D eigenvalue weighted by Gasteiger charge is 2.17. The SMILES string of the molecule is Cc1cnc(-c2cc(-c3ccon3)n(Cc3ccccc3F)n2)nc1N.Cl.N. The van der Waals surface area contributed by atoms with E-state index < -0.39 is 0 Å². The second-order valence-corrected chi connectivity index (χ2v) is 5.81. The van der Waals surface area contributed by atoms with E-state index >= 15 is 0 Å². The van der Waals surface area contributed by atoms with Gasteiger partial charge in [-0.1, -0.05) is 23.4 Å². The summed E-state index contributed by atoms with van der Waals surface area (Å²) in [5, 5.41) is 8.49. The molecule has 0 amide bonds. The molecule has 0 bridgehead atoms. The highest BCUT2D eigenvalue weighted by molar-refractivity contribution is 5.85. The number of hydrogen-bond acceptors (Lipinski definition) is 7. The van der Waals surface area contributed by atoms with Gasteiger partial charge in [0.1, 0.15) is 29.3 Å². The van der Waals surface area contributed by atoms with Crippen LogP contribution in [0.15, 0.2) is 53.4 Å². The van der Waals surface area contributed by atoms with Crippen LogP contribution in [-0.4, -0.2) is 24.9 Å². The molecule has 3 heterocycles. The van der Waals surface area contributed by atoms with Gasteiger partial charge < -0.3 is 16.4 Å². The molecule has 8 nitrogen and oxygen atoms in total. The first-order valence-corrected chi connectivity index (χ1v) is 7.93. The summed E-state index contributed by atoms with van der Waals surface area (Å²) >= 11 is 0. The maximum absolute atomic E-state index is 14.1. The number of benzene rings is 1. The molecule has 4 rings (SSSR count). The van der Waals surface area contributed by atoms with Gasteiger partial charge in [0.2, 0.25) is 0 Å². The minimum Gasteiger partial charge on any atom is -0.383 e. The third-order valence-electron chi connectivity index (χ3n) is 4.00. The Balaban J connectivity index is 0.00000140. The van der Waals surface area contributed by atoms with Crippen LogP contribution >= 0.6 is 12.4 Å². The number of hydrogen-bond donors (Lipinski definition) is 2. The number of nitrogens with zero attached hydrogens (tertiary/aromatic N) is 5. The van der Waals surface area contributed by atoms with Gasteiger partial charge in [-0.3, -0.25) is 4.68 Å². The van der Waals surface area contributed by atoms with Crippen LogP contribution in [0.2, 0.25) is 0 Å². The lowest BCUT2D eigenvalue weighted by Crippen LogP contribution is -2.06. The lowest BCUT2D eigenvalue weighted by molar-refractivity contribution is 0.421. The Hall–Kier alpha value is -3.30. The monoisotopic (exact) mass is 403 g/mol. The van der Waals surface area contributed by atoms with E-state index in [-0.39, 0.29) is 30.9 Å². The van der Waals surface area contributed by atoms with Crippen molar-refractivity contribution in [3.63, 3.8) is 0 Å². The van der Waals surface area contributed by atoms with E-state index in [1.54, 1.807) is 41.2 Å². The average Bonchev–Trinajstić information content (AvgIpc) is 3.29. The molecule has 5 N–H and O–H groups in total. The second kappa shape index (κ2) is 8.59. The second-order valence-electron chi connectivity index (χ2n) is 5.81. The zero-order chi connectivity index (χ0) is 18.1. The number of aryl methyl sites for hydroxylation is 1. The van der Waals surface area contributed by atoms with Gasteiger partial charge in [0.25, 0.3) is 0 Å². The molecule has 0 saturated heterocycles. The van der Waals surface area contributed by atoms with Gasteiger partial charge in [-0.15, -0.1) is 12.4 Å². The van der Waals surface area contributed by atoms with Crippen LogP contribution in [0.4, 0.5) is 10.2 Å². The zero-order valence-electron chi connectivity index (χ0n) is 15.0. The maximum Gasteiger partial charge on any atom is 0.182 e. The minimum absolute atomic E-state index is 0. The predicted molar refractivity (Wildman–Crippen MR) is 106 cm³/mol. The maximum atomic E-state index is 14.1. The molecule has 0 radical (unpaired) electrons. The van der Waals surface area contributed by atoms with Crippen LogP contribution in [0.3, 0.4) is 0 Å². The molecule has 0 aliphatic carbocycles. The summed E-state index contributed by atoms with van der Waals surface area (Å²) in [4.78, 5) is 8.56. The van der Waals surface area contributed by atoms with Crippen LogP contribution in [0.5, 0.6) is 0 Å². The molecule has 1 aromatic carbocycles. The molecule has 146 valence electrons. The lowest BCUT2D eigenvalue weighted by atomic mass is 10.2. The third kappa shape index (κ3) is 4.00. The van der Waals surface area contributed by atoms with Crippen molar-refractivity contribution >= 4 is 18.2 Å². The number of nitrogen functional groups attached to an aromatic ring is 1. The van der Waals surface area contributed by atoms with Crippen LogP contribution in [0.1, 0.15) is 11.1 Å². The molecule has 0 aliphatic heterocycles. The fraction of sp³-hybridized carbons (Fsp3) is 0.111. The largest absolute Gasteiger partial charge is 0.383 e. The van der Waals surface area contributed by atoms with Crippen molar-refractivity contribution in [2.45, 2.75) is 13.5 Å². The molecule has 28 heavy (non-hydrogen) atoms. The summed E-state index contributed by atoms with van der Waals surface area (Å²) in [5.74, 6) is 0.484. The van der Waals surface area contributed by atoms with Crippen LogP contribution in [0.25, 0.3) is 22.9 Å². The van der Waals surface area contributed by atoms with E-state index in [0.717, 1.165) is 5.56 Å². The van der Waals surface area contributed by atoms with Gasteiger partial charge in [-0.2, -0.15) is 5.10 Å². The van der Waals surface area contributed by atoms with Crippen molar-refractivity contribution in [3.8, 4) is 22.9 Å². The van der Waals surface area contributed by atoms with E-state index in [1.165, 1.54) is 12.3 Å². The molecule has 0 aliphatic rings. The molecule has 0 unspecified atom stereocenters. The molecule has 0 fully saturated rings. The molecular weight excluding hydrogens is 385 g/mol. The smallest absolute Gasteiger partial charge is 0.182 e. The number of nitrogens with two attached hydrogens (primary N) is 1. The Labute approximate surface area is 166 Å². The van der Waals surface area contributed by atoms with E-state index in [0.29, 0.717) is 34.3 Å². The van der Waals surface area contributed by atoms with Crippen LogP contribution in [-0.2, 0) is 6.54 Å². The topological polar surface area (TPSA) is 131 Å². The molecule has 0 saturated carbocycles. The van der Waals surface area contributed by atoms with Gasteiger partial charge in [0, 0.05) is 23.4 Å². The van der Waals surface area contributed by atoms with Crippen molar-refractivity contribution in [2.24, 2.45) is 0 Å². The van der Waals surface area contributed by atoms with Crippen molar-refractivity contribution in [1.29, 1.82) is 0 Å². The standard InChI is InChI=1S/C18H15FN6O.ClH.H3N/c1-11-9-21-18(22-17(11)20)15-8-16(14-6-7-26-24-14)25(23-15)10-12-4-2-3-5-13(12)19;;/h2-9H,10H2,1H3,(H2,20,21,22);1H;1H3. The minimum atomic E-state index is -0.300. The Morgan fingerprint density at radius 1 is 1.18 bits per heavy atom. The molecule has 0 spiro atoms. The Bertz CT molecular complexity index is 1070. The molecular formula is C18H19ClFN7O. The van der Waals surface area contributed by atoms with E-state index in [2.05, 4.69) is 20.2 Å². The molecule has 0 atom stereocenters. The number of rotatable bonds is 4. The summed E-state index contributed by atoms with van der Waals surface area (Å²) in [6, 6.07) is 10.0. The van der Waals surface area contributed by atoms with Gasteiger partial charge in [-0.25, -0.2) is 14.4 Å². The summed E-state index contributed by atoms with van der Waals surface area (Å²) in [6.45, 7) is 2.06. The summed E-state index contributed by atoms with van der Waals surface area (Å²) < 4.78 is 20.6. The van der Waals surface area contributed by atoms with Crippen LogP contribution in [0, 0.1) is 12.7 Å². The first kappa shape index (κ1) is 21.0. The molecule has 4 aromatic rings. The summed E-state index contributed by atoms with van der Waals surface area (Å²) in [6.07, 6.45) is 3.11. The van der Waals surface area contributed by atoms with Gasteiger partial charge in [0.05, 0.1) is 12.2 Å². The Morgan fingerprint density at radius 2 is 1.96 bits per heavy atom. The number of aromatic nitrogens is 5. The van der Waals surface area contributed by atoms with Gasteiger partial charge in [0.15, 0.2) is 5.82 Å². The fourth-order valence-electron chi connectivity index (χ4n) is 2.56. The van der Waals surface area contributed by atoms with E-state index in [1.807, 2.05) is 6.92 Å². The number of anilines is 1. The van der Waals surface area contributed by atoms with Crippen molar-refractivity contribution in [1.82, 2.24) is 31.1 Å². The molecule has 3 aromatic heterocycles. The fourth-order valence-corrected chi connectivity index (χ4v) is 2.56. The highest BCUT2D eigenvalue weighted by atomic mass is 35.5. The van der Waals surface area contributed by atoms with Gasteiger partial charge in [-0.05, 0) is 19.1 Å². The van der Waals surface area contributed by atoms with Crippen molar-refractivity contribution in [3.05, 3.63) is 65.8 Å². The first-order chi connectivity index (χ1) is 12.6. The zero-order valence-corrected chi connectivity index (χ0v) is 15.9. The first-order valence-electron chi connectivity index (χ1n) is 7.93. The van der Waals surface area contributed by atoms with Crippen molar-refractivity contribution < 1.29 is 8.91 Å². The van der Waals surface area contributed by atoms with Crippen molar-refractivity contribution in [2.75, 3.05) is 5.73 Å². The van der Waals surface area contributed by atoms with E-state index in [4.69, 9.17) is 10.3 Å².